The minimum absolute atomic E-state index is 0.509. The maximum absolute atomic E-state index is 5.97. The predicted molar refractivity (Wildman–Crippen MR) is 95.4 cm³/mol. The first-order chi connectivity index (χ1) is 11.1. The molecule has 0 aliphatic heterocycles. The van der Waals surface area contributed by atoms with Gasteiger partial charge < -0.3 is 9.47 Å². The minimum atomic E-state index is 0.509. The third-order valence-electron chi connectivity index (χ3n) is 3.75. The Morgan fingerprint density at radius 3 is 1.96 bits per heavy atom. The molecule has 0 aliphatic carbocycles. The highest BCUT2D eigenvalue weighted by Gasteiger charge is 2.13. The van der Waals surface area contributed by atoms with Crippen molar-refractivity contribution in [1.29, 1.82) is 0 Å². The van der Waals surface area contributed by atoms with Crippen molar-refractivity contribution in [2.45, 2.75) is 39.8 Å². The van der Waals surface area contributed by atoms with Crippen LogP contribution in [0.4, 0.5) is 0 Å². The van der Waals surface area contributed by atoms with Crippen LogP contribution in [0.25, 0.3) is 0 Å². The molecule has 0 saturated heterocycles. The monoisotopic (exact) mass is 313 g/mol. The summed E-state index contributed by atoms with van der Waals surface area (Å²) >= 11 is 0. The first-order valence-corrected chi connectivity index (χ1v) is 8.28. The lowest BCUT2D eigenvalue weighted by molar-refractivity contribution is 0.141. The van der Waals surface area contributed by atoms with Crippen molar-refractivity contribution in [2.75, 3.05) is 13.2 Å². The molecule has 0 bridgehead atoms. The molecular weight excluding hydrogens is 286 g/mol. The summed E-state index contributed by atoms with van der Waals surface area (Å²) in [5.74, 6) is 2.35. The van der Waals surface area contributed by atoms with Gasteiger partial charge in [-0.15, -0.1) is 0 Å². The van der Waals surface area contributed by atoms with Crippen LogP contribution >= 0.6 is 0 Å². The molecule has 0 saturated carbocycles. The van der Waals surface area contributed by atoms with Gasteiger partial charge in [-0.3, -0.25) is 4.90 Å². The Bertz CT molecular complexity index is 573. The number of benzene rings is 2. The molecule has 3 heteroatoms. The standard InChI is InChI=1S/C20H27NO2/c1-16(2)21(17(3)4)14-15-22-19-12-8-9-13-20(19)23-18-10-6-5-7-11-18/h5-13,16-17H,14-15H2,1-4H3. The van der Waals surface area contributed by atoms with Crippen LogP contribution in [0.5, 0.6) is 17.2 Å². The van der Waals surface area contributed by atoms with Crippen molar-refractivity contribution in [3.05, 3.63) is 54.6 Å². The fourth-order valence-corrected chi connectivity index (χ4v) is 2.64. The third-order valence-corrected chi connectivity index (χ3v) is 3.75. The van der Waals surface area contributed by atoms with Crippen LogP contribution in [-0.2, 0) is 0 Å². The first-order valence-electron chi connectivity index (χ1n) is 8.28. The summed E-state index contributed by atoms with van der Waals surface area (Å²) in [6.45, 7) is 10.4. The van der Waals surface area contributed by atoms with Crippen LogP contribution in [-0.4, -0.2) is 30.1 Å². The zero-order chi connectivity index (χ0) is 16.7. The SMILES string of the molecule is CC(C)N(CCOc1ccccc1Oc1ccccc1)C(C)C. The van der Waals surface area contributed by atoms with Gasteiger partial charge in [0.25, 0.3) is 0 Å². The van der Waals surface area contributed by atoms with Gasteiger partial charge in [0.2, 0.25) is 0 Å². The molecule has 2 aromatic rings. The lowest BCUT2D eigenvalue weighted by atomic mass is 10.2. The van der Waals surface area contributed by atoms with E-state index < -0.39 is 0 Å². The molecule has 0 atom stereocenters. The third kappa shape index (κ3) is 5.29. The van der Waals surface area contributed by atoms with Crippen LogP contribution in [0, 0.1) is 0 Å². The van der Waals surface area contributed by atoms with E-state index in [4.69, 9.17) is 9.47 Å². The Balaban J connectivity index is 1.98. The lowest BCUT2D eigenvalue weighted by Gasteiger charge is -2.30. The molecule has 0 fully saturated rings. The van der Waals surface area contributed by atoms with Gasteiger partial charge in [-0.05, 0) is 52.0 Å². The van der Waals surface area contributed by atoms with Gasteiger partial charge in [0.15, 0.2) is 11.5 Å². The van der Waals surface area contributed by atoms with E-state index in [0.717, 1.165) is 23.8 Å². The van der Waals surface area contributed by atoms with Gasteiger partial charge in [0.05, 0.1) is 0 Å². The number of rotatable bonds is 8. The molecule has 0 aromatic heterocycles. The van der Waals surface area contributed by atoms with Crippen LogP contribution < -0.4 is 9.47 Å². The van der Waals surface area contributed by atoms with Crippen molar-refractivity contribution in [1.82, 2.24) is 4.90 Å². The van der Waals surface area contributed by atoms with Crippen molar-refractivity contribution >= 4 is 0 Å². The molecule has 0 heterocycles. The van der Waals surface area contributed by atoms with E-state index in [0.29, 0.717) is 18.7 Å². The lowest BCUT2D eigenvalue weighted by Crippen LogP contribution is -2.39. The summed E-state index contributed by atoms with van der Waals surface area (Å²) < 4.78 is 11.9. The van der Waals surface area contributed by atoms with Crippen LogP contribution in [0.15, 0.2) is 54.6 Å². The highest BCUT2D eigenvalue weighted by molar-refractivity contribution is 5.42. The summed E-state index contributed by atoms with van der Waals surface area (Å²) in [6.07, 6.45) is 0. The molecule has 0 aliphatic rings. The predicted octanol–water partition coefficient (Wildman–Crippen LogP) is 4.98. The summed E-state index contributed by atoms with van der Waals surface area (Å²) in [4.78, 5) is 2.42. The Morgan fingerprint density at radius 1 is 0.783 bits per heavy atom. The van der Waals surface area contributed by atoms with E-state index in [2.05, 4.69) is 32.6 Å². The molecule has 0 amide bonds. The van der Waals surface area contributed by atoms with Gasteiger partial charge in [0, 0.05) is 18.6 Å². The second-order valence-electron chi connectivity index (χ2n) is 6.14. The summed E-state index contributed by atoms with van der Waals surface area (Å²) in [5.41, 5.74) is 0. The second kappa shape index (κ2) is 8.59. The largest absolute Gasteiger partial charge is 0.488 e. The highest BCUT2D eigenvalue weighted by Crippen LogP contribution is 2.31. The fourth-order valence-electron chi connectivity index (χ4n) is 2.64. The zero-order valence-electron chi connectivity index (χ0n) is 14.5. The first kappa shape index (κ1) is 17.4. The molecule has 0 radical (unpaired) electrons. The van der Waals surface area contributed by atoms with Crippen LogP contribution in [0.3, 0.4) is 0 Å². The van der Waals surface area contributed by atoms with E-state index >= 15 is 0 Å². The van der Waals surface area contributed by atoms with Crippen molar-refractivity contribution < 1.29 is 9.47 Å². The number of hydrogen-bond donors (Lipinski definition) is 0. The second-order valence-corrected chi connectivity index (χ2v) is 6.14. The van der Waals surface area contributed by atoms with E-state index in [-0.39, 0.29) is 0 Å². The smallest absolute Gasteiger partial charge is 0.169 e. The molecule has 0 N–H and O–H groups in total. The molecule has 3 nitrogen and oxygen atoms in total. The van der Waals surface area contributed by atoms with Crippen LogP contribution in [0.1, 0.15) is 27.7 Å². The molecule has 0 spiro atoms. The molecule has 2 aromatic carbocycles. The van der Waals surface area contributed by atoms with E-state index in [1.54, 1.807) is 0 Å². The number of nitrogens with zero attached hydrogens (tertiary/aromatic N) is 1. The number of ether oxygens (including phenoxy) is 2. The summed E-state index contributed by atoms with van der Waals surface area (Å²) in [7, 11) is 0. The van der Waals surface area contributed by atoms with E-state index in [1.807, 2.05) is 54.6 Å². The Kier molecular flexibility index (Phi) is 6.48. The Hall–Kier alpha value is -2.00. The summed E-state index contributed by atoms with van der Waals surface area (Å²) in [5, 5.41) is 0. The maximum atomic E-state index is 5.97. The molecule has 0 unspecified atom stereocenters. The van der Waals surface area contributed by atoms with Crippen molar-refractivity contribution in [3.63, 3.8) is 0 Å². The average molecular weight is 313 g/mol. The van der Waals surface area contributed by atoms with Gasteiger partial charge >= 0.3 is 0 Å². The van der Waals surface area contributed by atoms with Gasteiger partial charge in [-0.2, -0.15) is 0 Å². The van der Waals surface area contributed by atoms with E-state index in [1.165, 1.54) is 0 Å². The van der Waals surface area contributed by atoms with Gasteiger partial charge in [-0.1, -0.05) is 30.3 Å². The normalized spacial score (nSPS) is 11.3. The highest BCUT2D eigenvalue weighted by atomic mass is 16.5. The molecule has 2 rings (SSSR count). The number of hydrogen-bond acceptors (Lipinski definition) is 3. The van der Waals surface area contributed by atoms with E-state index in [9.17, 15) is 0 Å². The fraction of sp³-hybridized carbons (Fsp3) is 0.400. The summed E-state index contributed by atoms with van der Waals surface area (Å²) in [6, 6.07) is 18.6. The van der Waals surface area contributed by atoms with Crippen molar-refractivity contribution in [3.8, 4) is 17.2 Å². The quantitative estimate of drug-likeness (QED) is 0.686. The minimum Gasteiger partial charge on any atom is -0.488 e. The average Bonchev–Trinajstić information content (AvgIpc) is 2.53. The maximum Gasteiger partial charge on any atom is 0.169 e. The number of para-hydroxylation sites is 3. The molecule has 124 valence electrons. The van der Waals surface area contributed by atoms with Gasteiger partial charge in [0.1, 0.15) is 12.4 Å². The Labute approximate surface area is 139 Å². The Morgan fingerprint density at radius 2 is 1.35 bits per heavy atom. The van der Waals surface area contributed by atoms with Crippen LogP contribution in [0.2, 0.25) is 0 Å². The van der Waals surface area contributed by atoms with Gasteiger partial charge in [-0.25, -0.2) is 0 Å². The zero-order valence-corrected chi connectivity index (χ0v) is 14.5. The van der Waals surface area contributed by atoms with Crippen molar-refractivity contribution in [2.24, 2.45) is 0 Å². The molecular formula is C20H27NO2. The topological polar surface area (TPSA) is 21.7 Å². The molecule has 23 heavy (non-hydrogen) atoms.